The Kier molecular flexibility index (Phi) is 7.18. The number of halogens is 3. The normalized spacial score (nSPS) is 10.9. The summed E-state index contributed by atoms with van der Waals surface area (Å²) in [5, 5.41) is 27.5. The summed E-state index contributed by atoms with van der Waals surface area (Å²) >= 11 is 5.91. The molecule has 0 spiro atoms. The maximum atomic E-state index is 14.4. The van der Waals surface area contributed by atoms with Crippen molar-refractivity contribution in [1.29, 1.82) is 5.26 Å². The fourth-order valence-corrected chi connectivity index (χ4v) is 3.13. The first-order valence-corrected chi connectivity index (χ1v) is 9.88. The number of benzene rings is 1. The van der Waals surface area contributed by atoms with Gasteiger partial charge in [0.15, 0.2) is 6.54 Å². The molecular weight excluding hydrogens is 440 g/mol. The van der Waals surface area contributed by atoms with Crippen LogP contribution in [0.25, 0.3) is 0 Å². The molecule has 164 valence electrons. The van der Waals surface area contributed by atoms with E-state index in [1.165, 1.54) is 36.5 Å². The van der Waals surface area contributed by atoms with Crippen LogP contribution in [0.3, 0.4) is 0 Å². The number of pyridine rings is 2. The maximum Gasteiger partial charge on any atom is 0.325 e. The van der Waals surface area contributed by atoms with Crippen molar-refractivity contribution < 1.29 is 18.3 Å². The van der Waals surface area contributed by atoms with Gasteiger partial charge in [0.25, 0.3) is 5.82 Å². The lowest BCUT2D eigenvalue weighted by molar-refractivity contribution is -0.598. The fourth-order valence-electron chi connectivity index (χ4n) is 2.91. The molecule has 2 N–H and O–H groups in total. The van der Waals surface area contributed by atoms with Crippen LogP contribution >= 0.6 is 11.6 Å². The van der Waals surface area contributed by atoms with Gasteiger partial charge in [0.05, 0.1) is 12.0 Å². The van der Waals surface area contributed by atoms with E-state index in [1.54, 1.807) is 24.3 Å². The molecule has 0 radical (unpaired) electrons. The van der Waals surface area contributed by atoms with E-state index in [9.17, 15) is 24.0 Å². The van der Waals surface area contributed by atoms with Crippen LogP contribution in [-0.4, -0.2) is 17.4 Å². The first-order valence-electron chi connectivity index (χ1n) is 9.50. The van der Waals surface area contributed by atoms with Gasteiger partial charge in [-0.15, -0.1) is 0 Å². The van der Waals surface area contributed by atoms with Crippen LogP contribution in [0, 0.1) is 16.5 Å². The zero-order valence-electron chi connectivity index (χ0n) is 16.7. The van der Waals surface area contributed by atoms with Crippen LogP contribution in [-0.2, 0) is 23.7 Å². The van der Waals surface area contributed by atoms with Gasteiger partial charge in [-0.3, -0.25) is 15.1 Å². The van der Waals surface area contributed by atoms with Crippen LogP contribution in [0.5, 0.6) is 0 Å². The van der Waals surface area contributed by atoms with Gasteiger partial charge in [-0.2, -0.15) is 14.0 Å². The molecule has 3 rings (SSSR count). The first-order chi connectivity index (χ1) is 15.3. The second kappa shape index (κ2) is 10.0. The lowest BCUT2D eigenvalue weighted by Crippen LogP contribution is -2.41. The van der Waals surface area contributed by atoms with Crippen LogP contribution in [0.1, 0.15) is 22.5 Å². The van der Waals surface area contributed by atoms with Gasteiger partial charge in [0.2, 0.25) is 5.91 Å². The predicted octanol–water partition coefficient (Wildman–Crippen LogP) is 3.30. The molecule has 1 amide bonds. The molecular formula is C22H18ClF2N5O2. The third-order valence-electron chi connectivity index (χ3n) is 4.54. The van der Waals surface area contributed by atoms with Crippen molar-refractivity contribution in [1.82, 2.24) is 10.3 Å². The molecule has 0 fully saturated rings. The Morgan fingerprint density at radius 1 is 1.22 bits per heavy atom. The van der Waals surface area contributed by atoms with Crippen LogP contribution in [0.2, 0.25) is 5.02 Å². The van der Waals surface area contributed by atoms with Crippen LogP contribution in [0.15, 0.2) is 60.8 Å². The predicted molar refractivity (Wildman–Crippen MR) is 114 cm³/mol. The summed E-state index contributed by atoms with van der Waals surface area (Å²) in [6, 6.07) is 15.4. The molecule has 0 unspecified atom stereocenters. The van der Waals surface area contributed by atoms with Gasteiger partial charge in [0, 0.05) is 23.8 Å². The van der Waals surface area contributed by atoms with Gasteiger partial charge in [-0.25, -0.2) is 4.73 Å². The molecule has 0 aliphatic heterocycles. The van der Waals surface area contributed by atoms with Gasteiger partial charge >= 0.3 is 5.92 Å². The van der Waals surface area contributed by atoms with E-state index in [4.69, 9.17) is 11.6 Å². The van der Waals surface area contributed by atoms with Gasteiger partial charge < -0.3 is 10.5 Å². The fraction of sp³-hybridized carbons (Fsp3) is 0.182. The standard InChI is InChI=1S/C22H18ClF2N5O2/c23-17-5-3-4-15(10-17)13-28-21(31)11-18-16(12-26)7-8-20(30(18)32)29-14-22(24,25)19-6-1-2-9-27-19/h1-10,29H,11,13-14H2,(H,28,31). The average molecular weight is 458 g/mol. The number of nitrogens with zero attached hydrogens (tertiary/aromatic N) is 3. The minimum atomic E-state index is -3.34. The Labute approximate surface area is 187 Å². The number of carbonyl (C=O) groups excluding carboxylic acids is 1. The Hall–Kier alpha value is -3.77. The van der Waals surface area contributed by atoms with E-state index >= 15 is 0 Å². The smallest absolute Gasteiger partial charge is 0.325 e. The second-order valence-electron chi connectivity index (χ2n) is 6.84. The molecule has 0 aliphatic carbocycles. The quantitative estimate of drug-likeness (QED) is 0.399. The number of aromatic nitrogens is 2. The summed E-state index contributed by atoms with van der Waals surface area (Å²) in [4.78, 5) is 16.0. The zero-order valence-corrected chi connectivity index (χ0v) is 17.4. The summed E-state index contributed by atoms with van der Waals surface area (Å²) in [5.74, 6) is -4.06. The van der Waals surface area contributed by atoms with Crippen molar-refractivity contribution in [2.24, 2.45) is 0 Å². The van der Waals surface area contributed by atoms with E-state index < -0.39 is 30.5 Å². The third-order valence-corrected chi connectivity index (χ3v) is 4.78. The summed E-state index contributed by atoms with van der Waals surface area (Å²) in [7, 11) is 0. The number of hydrogen-bond donors (Lipinski definition) is 2. The second-order valence-corrected chi connectivity index (χ2v) is 7.28. The maximum absolute atomic E-state index is 14.4. The molecule has 0 atom stereocenters. The van der Waals surface area contributed by atoms with Crippen molar-refractivity contribution in [3.05, 3.63) is 93.5 Å². The Bertz CT molecular complexity index is 1150. The molecule has 2 aromatic heterocycles. The summed E-state index contributed by atoms with van der Waals surface area (Å²) in [6.07, 6.45) is 0.845. The topological polar surface area (TPSA) is 105 Å². The lowest BCUT2D eigenvalue weighted by atomic mass is 10.1. The number of nitrogens with one attached hydrogen (secondary N) is 2. The Balaban J connectivity index is 1.71. The van der Waals surface area contributed by atoms with Crippen molar-refractivity contribution in [2.45, 2.75) is 18.9 Å². The van der Waals surface area contributed by atoms with Crippen LogP contribution in [0.4, 0.5) is 14.6 Å². The molecule has 3 aromatic rings. The van der Waals surface area contributed by atoms with E-state index in [2.05, 4.69) is 15.6 Å². The minimum absolute atomic E-state index is 0.0278. The van der Waals surface area contributed by atoms with Crippen molar-refractivity contribution >= 4 is 23.3 Å². The summed E-state index contributed by atoms with van der Waals surface area (Å²) < 4.78 is 29.0. The van der Waals surface area contributed by atoms with Crippen LogP contribution < -0.4 is 15.4 Å². The van der Waals surface area contributed by atoms with Gasteiger partial charge in [-0.1, -0.05) is 29.8 Å². The Morgan fingerprint density at radius 3 is 2.72 bits per heavy atom. The van der Waals surface area contributed by atoms with E-state index in [1.807, 2.05) is 6.07 Å². The highest BCUT2D eigenvalue weighted by atomic mass is 35.5. The van der Waals surface area contributed by atoms with Crippen molar-refractivity contribution in [3.63, 3.8) is 0 Å². The zero-order chi connectivity index (χ0) is 23.1. The van der Waals surface area contributed by atoms with E-state index in [-0.39, 0.29) is 28.4 Å². The molecule has 1 aromatic carbocycles. The number of hydrogen-bond acceptors (Lipinski definition) is 5. The average Bonchev–Trinajstić information content (AvgIpc) is 2.79. The number of alkyl halides is 2. The van der Waals surface area contributed by atoms with Gasteiger partial charge in [-0.05, 0) is 35.9 Å². The SMILES string of the molecule is N#Cc1ccc(NCC(F)(F)c2ccccn2)[n+]([O-])c1CC(=O)NCc1cccc(Cl)c1. The molecule has 0 aliphatic rings. The largest absolute Gasteiger partial charge is 0.710 e. The molecule has 0 saturated carbocycles. The molecule has 0 saturated heterocycles. The molecule has 0 bridgehead atoms. The molecule has 2 heterocycles. The van der Waals surface area contributed by atoms with Crippen molar-refractivity contribution in [3.8, 4) is 6.07 Å². The third kappa shape index (κ3) is 5.68. The molecule has 7 nitrogen and oxygen atoms in total. The Morgan fingerprint density at radius 2 is 2.03 bits per heavy atom. The number of rotatable bonds is 8. The summed E-state index contributed by atoms with van der Waals surface area (Å²) in [6.45, 7) is -0.715. The van der Waals surface area contributed by atoms with E-state index in [0.29, 0.717) is 5.02 Å². The highest BCUT2D eigenvalue weighted by Gasteiger charge is 2.35. The van der Waals surface area contributed by atoms with Crippen molar-refractivity contribution in [2.75, 3.05) is 11.9 Å². The number of amides is 1. The summed E-state index contributed by atoms with van der Waals surface area (Å²) in [5.41, 5.74) is 0.134. The monoisotopic (exact) mass is 457 g/mol. The minimum Gasteiger partial charge on any atom is -0.710 e. The molecule has 32 heavy (non-hydrogen) atoms. The highest BCUT2D eigenvalue weighted by Crippen LogP contribution is 2.26. The molecule has 10 heteroatoms. The lowest BCUT2D eigenvalue weighted by Gasteiger charge is -2.18. The first kappa shape index (κ1) is 22.9. The number of carbonyl (C=O) groups is 1. The highest BCUT2D eigenvalue weighted by molar-refractivity contribution is 6.30. The number of nitriles is 1. The number of anilines is 1. The van der Waals surface area contributed by atoms with Gasteiger partial charge in [0.1, 0.15) is 17.5 Å². The van der Waals surface area contributed by atoms with E-state index in [0.717, 1.165) is 5.56 Å².